The Bertz CT molecular complexity index is 1170. The summed E-state index contributed by atoms with van der Waals surface area (Å²) in [4.78, 5) is 36.3. The van der Waals surface area contributed by atoms with Crippen LogP contribution in [0.4, 0.5) is 4.79 Å². The van der Waals surface area contributed by atoms with Crippen molar-refractivity contribution in [2.75, 3.05) is 6.61 Å². The lowest BCUT2D eigenvalue weighted by Gasteiger charge is -2.18. The van der Waals surface area contributed by atoms with Gasteiger partial charge >= 0.3 is 12.1 Å². The van der Waals surface area contributed by atoms with Gasteiger partial charge in [0, 0.05) is 5.92 Å². The topological polar surface area (TPSA) is 131 Å². The lowest BCUT2D eigenvalue weighted by molar-refractivity contribution is -0.139. The van der Waals surface area contributed by atoms with Gasteiger partial charge in [0.1, 0.15) is 12.6 Å². The minimum Gasteiger partial charge on any atom is -0.481 e. The summed E-state index contributed by atoms with van der Waals surface area (Å²) in [6, 6.07) is 18.0. The SMILES string of the molecule is Cc1ccc(CNC(=O)C(CC(=O)O)NC(=O)OCC2c3ccccc3-c3ccccc32)nn1. The van der Waals surface area contributed by atoms with Crippen LogP contribution < -0.4 is 10.6 Å². The molecule has 174 valence electrons. The number of ether oxygens (including phenoxy) is 1. The van der Waals surface area contributed by atoms with Gasteiger partial charge in [0.2, 0.25) is 5.91 Å². The molecular formula is C25H24N4O5. The van der Waals surface area contributed by atoms with Crippen molar-refractivity contribution < 1.29 is 24.2 Å². The quantitative estimate of drug-likeness (QED) is 0.471. The number of hydrogen-bond acceptors (Lipinski definition) is 6. The van der Waals surface area contributed by atoms with Gasteiger partial charge in [-0.05, 0) is 41.3 Å². The molecular weight excluding hydrogens is 436 g/mol. The lowest BCUT2D eigenvalue weighted by atomic mass is 9.98. The number of carboxylic acids is 1. The number of hydrogen-bond donors (Lipinski definition) is 3. The van der Waals surface area contributed by atoms with Crippen LogP contribution in [-0.4, -0.2) is 45.9 Å². The minimum atomic E-state index is -1.30. The fraction of sp³-hybridized carbons (Fsp3) is 0.240. The Morgan fingerprint density at radius 1 is 0.971 bits per heavy atom. The predicted molar refractivity (Wildman–Crippen MR) is 123 cm³/mol. The van der Waals surface area contributed by atoms with Gasteiger partial charge in [0.15, 0.2) is 0 Å². The number of benzene rings is 2. The standard InChI is InChI=1S/C25H24N4O5/c1-15-10-11-16(29-28-15)13-26-24(32)22(12-23(30)31)27-25(33)34-14-21-19-8-4-2-6-17(19)18-7-3-5-9-20(18)21/h2-11,21-22H,12-14H2,1H3,(H,26,32)(H,27,33)(H,30,31). The van der Waals surface area contributed by atoms with E-state index in [0.29, 0.717) is 5.69 Å². The highest BCUT2D eigenvalue weighted by atomic mass is 16.5. The van der Waals surface area contributed by atoms with Crippen LogP contribution >= 0.6 is 0 Å². The van der Waals surface area contributed by atoms with Crippen LogP contribution in [0.25, 0.3) is 11.1 Å². The van der Waals surface area contributed by atoms with E-state index in [0.717, 1.165) is 27.9 Å². The number of amides is 2. The third kappa shape index (κ3) is 5.20. The Morgan fingerprint density at radius 2 is 1.62 bits per heavy atom. The molecule has 1 aliphatic rings. The van der Waals surface area contributed by atoms with Crippen LogP contribution in [0, 0.1) is 6.92 Å². The summed E-state index contributed by atoms with van der Waals surface area (Å²) >= 11 is 0. The highest BCUT2D eigenvalue weighted by Crippen LogP contribution is 2.44. The Kier molecular flexibility index (Phi) is 6.82. The number of aryl methyl sites for hydroxylation is 1. The van der Waals surface area contributed by atoms with Crippen LogP contribution in [0.15, 0.2) is 60.7 Å². The van der Waals surface area contributed by atoms with Crippen LogP contribution in [0.1, 0.15) is 34.9 Å². The zero-order valence-electron chi connectivity index (χ0n) is 18.5. The van der Waals surface area contributed by atoms with E-state index in [-0.39, 0.29) is 19.1 Å². The van der Waals surface area contributed by atoms with Crippen LogP contribution in [0.3, 0.4) is 0 Å². The molecule has 1 heterocycles. The largest absolute Gasteiger partial charge is 0.481 e. The summed E-state index contributed by atoms with van der Waals surface area (Å²) in [5, 5.41) is 22.0. The van der Waals surface area contributed by atoms with E-state index in [1.165, 1.54) is 0 Å². The molecule has 0 saturated carbocycles. The van der Waals surface area contributed by atoms with Crippen LogP contribution in [-0.2, 0) is 20.9 Å². The molecule has 0 fully saturated rings. The summed E-state index contributed by atoms with van der Waals surface area (Å²) < 4.78 is 5.43. The molecule has 4 rings (SSSR count). The normalized spacial score (nSPS) is 12.9. The Balaban J connectivity index is 1.38. The molecule has 2 aromatic carbocycles. The molecule has 0 bridgehead atoms. The smallest absolute Gasteiger partial charge is 0.407 e. The number of aromatic nitrogens is 2. The first-order valence-electron chi connectivity index (χ1n) is 10.8. The Hall–Kier alpha value is -4.27. The third-order valence-electron chi connectivity index (χ3n) is 5.63. The summed E-state index contributed by atoms with van der Waals surface area (Å²) in [5.41, 5.74) is 5.53. The molecule has 1 aliphatic carbocycles. The maximum absolute atomic E-state index is 12.5. The van der Waals surface area contributed by atoms with Gasteiger partial charge < -0.3 is 20.5 Å². The molecule has 1 unspecified atom stereocenters. The molecule has 1 aromatic heterocycles. The predicted octanol–water partition coefficient (Wildman–Crippen LogP) is 2.78. The zero-order valence-corrected chi connectivity index (χ0v) is 18.5. The molecule has 0 spiro atoms. The van der Waals surface area contributed by atoms with E-state index in [9.17, 15) is 19.5 Å². The number of fused-ring (bicyclic) bond motifs is 3. The first-order valence-corrected chi connectivity index (χ1v) is 10.8. The van der Waals surface area contributed by atoms with Crippen molar-refractivity contribution in [3.63, 3.8) is 0 Å². The molecule has 2 amide bonds. The second kappa shape index (κ2) is 10.1. The Labute approximate surface area is 196 Å². The number of alkyl carbamates (subject to hydrolysis) is 1. The molecule has 1 atom stereocenters. The van der Waals surface area contributed by atoms with Crippen molar-refractivity contribution >= 4 is 18.0 Å². The van der Waals surface area contributed by atoms with Gasteiger partial charge in [-0.1, -0.05) is 48.5 Å². The first-order chi connectivity index (χ1) is 16.4. The number of nitrogens with one attached hydrogen (secondary N) is 2. The lowest BCUT2D eigenvalue weighted by Crippen LogP contribution is -2.48. The molecule has 34 heavy (non-hydrogen) atoms. The number of carbonyl (C=O) groups excluding carboxylic acids is 2. The van der Waals surface area contributed by atoms with Gasteiger partial charge in [-0.2, -0.15) is 10.2 Å². The van der Waals surface area contributed by atoms with E-state index >= 15 is 0 Å². The van der Waals surface area contributed by atoms with E-state index in [1.807, 2.05) is 48.5 Å². The first kappa shape index (κ1) is 22.9. The molecule has 0 radical (unpaired) electrons. The Morgan fingerprint density at radius 3 is 2.21 bits per heavy atom. The third-order valence-corrected chi connectivity index (χ3v) is 5.63. The van der Waals surface area contributed by atoms with E-state index in [2.05, 4.69) is 20.8 Å². The van der Waals surface area contributed by atoms with E-state index < -0.39 is 30.4 Å². The van der Waals surface area contributed by atoms with Crippen molar-refractivity contribution in [3.05, 3.63) is 83.2 Å². The van der Waals surface area contributed by atoms with E-state index in [1.54, 1.807) is 19.1 Å². The molecule has 9 nitrogen and oxygen atoms in total. The number of rotatable bonds is 8. The maximum Gasteiger partial charge on any atom is 0.407 e. The van der Waals surface area contributed by atoms with E-state index in [4.69, 9.17) is 4.74 Å². The molecule has 3 N–H and O–H groups in total. The van der Waals surface area contributed by atoms with Crippen molar-refractivity contribution in [2.45, 2.75) is 31.8 Å². The molecule has 3 aromatic rings. The highest BCUT2D eigenvalue weighted by molar-refractivity contribution is 5.89. The number of aliphatic carboxylic acids is 1. The second-order valence-corrected chi connectivity index (χ2v) is 8.00. The van der Waals surface area contributed by atoms with Gasteiger partial charge in [0.05, 0.1) is 24.4 Å². The van der Waals surface area contributed by atoms with Crippen molar-refractivity contribution in [1.82, 2.24) is 20.8 Å². The summed E-state index contributed by atoms with van der Waals surface area (Å²) in [6.07, 6.45) is -1.45. The number of carboxylic acid groups (broad SMARTS) is 1. The fourth-order valence-electron chi connectivity index (χ4n) is 3.99. The van der Waals surface area contributed by atoms with Gasteiger partial charge in [0.25, 0.3) is 0 Å². The summed E-state index contributed by atoms with van der Waals surface area (Å²) in [6.45, 7) is 1.89. The van der Waals surface area contributed by atoms with Crippen molar-refractivity contribution in [2.24, 2.45) is 0 Å². The number of carbonyl (C=O) groups is 3. The molecule has 0 saturated heterocycles. The molecule has 9 heteroatoms. The van der Waals surface area contributed by atoms with Gasteiger partial charge in [-0.15, -0.1) is 0 Å². The highest BCUT2D eigenvalue weighted by Gasteiger charge is 2.30. The van der Waals surface area contributed by atoms with Crippen molar-refractivity contribution in [1.29, 1.82) is 0 Å². The second-order valence-electron chi connectivity index (χ2n) is 8.00. The summed E-state index contributed by atoms with van der Waals surface area (Å²) in [7, 11) is 0. The molecule has 0 aliphatic heterocycles. The van der Waals surface area contributed by atoms with Crippen molar-refractivity contribution in [3.8, 4) is 11.1 Å². The number of nitrogens with zero attached hydrogens (tertiary/aromatic N) is 2. The fourth-order valence-corrected chi connectivity index (χ4v) is 3.99. The van der Waals surface area contributed by atoms with Crippen LogP contribution in [0.2, 0.25) is 0 Å². The minimum absolute atomic E-state index is 0.0502. The van der Waals surface area contributed by atoms with Crippen LogP contribution in [0.5, 0.6) is 0 Å². The maximum atomic E-state index is 12.5. The average molecular weight is 460 g/mol. The summed E-state index contributed by atoms with van der Waals surface area (Å²) in [5.74, 6) is -2.03. The zero-order chi connectivity index (χ0) is 24.1. The van der Waals surface area contributed by atoms with Gasteiger partial charge in [-0.3, -0.25) is 9.59 Å². The average Bonchev–Trinajstić information content (AvgIpc) is 3.15. The monoisotopic (exact) mass is 460 g/mol. The van der Waals surface area contributed by atoms with Gasteiger partial charge in [-0.25, -0.2) is 4.79 Å².